The number of hydrogen-bond acceptors (Lipinski definition) is 2. The van der Waals surface area contributed by atoms with Crippen LogP contribution in [0.25, 0.3) is 6.08 Å². The molecule has 0 spiro atoms. The molecule has 23 heavy (non-hydrogen) atoms. The highest BCUT2D eigenvalue weighted by Gasteiger charge is 2.07. The summed E-state index contributed by atoms with van der Waals surface area (Å²) in [5.41, 5.74) is 2.46. The number of ketones is 1. The maximum absolute atomic E-state index is 12.3. The average Bonchev–Trinajstić information content (AvgIpc) is 2.55. The SMILES string of the molecule is CN(C)C(=O)C=Cc1ccc(C(=O)Cc2ccc(Cl)cc2)cc1. The molecule has 0 radical (unpaired) electrons. The molecule has 2 rings (SSSR count). The van der Waals surface area contributed by atoms with Gasteiger partial charge in [0.1, 0.15) is 0 Å². The molecule has 0 saturated heterocycles. The molecule has 0 bridgehead atoms. The first-order valence-corrected chi connectivity index (χ1v) is 7.60. The molecule has 0 unspecified atom stereocenters. The van der Waals surface area contributed by atoms with E-state index in [0.717, 1.165) is 11.1 Å². The van der Waals surface area contributed by atoms with Crippen molar-refractivity contribution in [3.05, 3.63) is 76.3 Å². The second-order valence-electron chi connectivity index (χ2n) is 5.41. The Kier molecular flexibility index (Phi) is 5.72. The number of halogens is 1. The Morgan fingerprint density at radius 3 is 2.17 bits per heavy atom. The molecule has 0 saturated carbocycles. The van der Waals surface area contributed by atoms with Gasteiger partial charge in [0.05, 0.1) is 0 Å². The molecule has 0 aliphatic rings. The third-order valence-electron chi connectivity index (χ3n) is 3.37. The van der Waals surface area contributed by atoms with Crippen LogP contribution in [0.2, 0.25) is 5.02 Å². The van der Waals surface area contributed by atoms with E-state index < -0.39 is 0 Å². The standard InChI is InChI=1S/C19H18ClNO2/c1-21(2)19(23)12-7-14-3-8-16(9-4-14)18(22)13-15-5-10-17(20)11-6-15/h3-12H,13H2,1-2H3. The van der Waals surface area contributed by atoms with Gasteiger partial charge in [-0.25, -0.2) is 0 Å². The van der Waals surface area contributed by atoms with Crippen molar-refractivity contribution in [2.24, 2.45) is 0 Å². The van der Waals surface area contributed by atoms with Crippen LogP contribution in [0.5, 0.6) is 0 Å². The summed E-state index contributed by atoms with van der Waals surface area (Å²) in [6, 6.07) is 14.5. The minimum Gasteiger partial charge on any atom is -0.345 e. The van der Waals surface area contributed by atoms with Crippen LogP contribution in [0.3, 0.4) is 0 Å². The van der Waals surface area contributed by atoms with Gasteiger partial charge in [-0.05, 0) is 29.3 Å². The Morgan fingerprint density at radius 2 is 1.61 bits per heavy atom. The van der Waals surface area contributed by atoms with Gasteiger partial charge in [0.25, 0.3) is 0 Å². The van der Waals surface area contributed by atoms with Crippen LogP contribution in [0.15, 0.2) is 54.6 Å². The fourth-order valence-electron chi connectivity index (χ4n) is 1.99. The third-order valence-corrected chi connectivity index (χ3v) is 3.62. The lowest BCUT2D eigenvalue weighted by molar-refractivity contribution is -0.123. The topological polar surface area (TPSA) is 37.4 Å². The molecule has 0 heterocycles. The van der Waals surface area contributed by atoms with Crippen molar-refractivity contribution in [3.63, 3.8) is 0 Å². The van der Waals surface area contributed by atoms with Crippen LogP contribution in [0.4, 0.5) is 0 Å². The smallest absolute Gasteiger partial charge is 0.246 e. The van der Waals surface area contributed by atoms with Gasteiger partial charge in [0.15, 0.2) is 5.78 Å². The van der Waals surface area contributed by atoms with E-state index in [-0.39, 0.29) is 11.7 Å². The summed E-state index contributed by atoms with van der Waals surface area (Å²) in [5, 5.41) is 0.657. The van der Waals surface area contributed by atoms with Crippen molar-refractivity contribution in [1.82, 2.24) is 4.90 Å². The zero-order valence-electron chi connectivity index (χ0n) is 13.1. The number of amides is 1. The second kappa shape index (κ2) is 7.75. The van der Waals surface area contributed by atoms with Gasteiger partial charge in [0.2, 0.25) is 5.91 Å². The number of benzene rings is 2. The summed E-state index contributed by atoms with van der Waals surface area (Å²) in [4.78, 5) is 25.2. The molecule has 0 aliphatic carbocycles. The molecule has 0 N–H and O–H groups in total. The van der Waals surface area contributed by atoms with Crippen molar-refractivity contribution < 1.29 is 9.59 Å². The summed E-state index contributed by atoms with van der Waals surface area (Å²) in [6.45, 7) is 0. The number of carbonyl (C=O) groups excluding carboxylic acids is 2. The van der Waals surface area contributed by atoms with Gasteiger partial charge >= 0.3 is 0 Å². The van der Waals surface area contributed by atoms with Crippen molar-refractivity contribution in [3.8, 4) is 0 Å². The Hall–Kier alpha value is -2.39. The number of rotatable bonds is 5. The van der Waals surface area contributed by atoms with Crippen molar-refractivity contribution in [1.29, 1.82) is 0 Å². The summed E-state index contributed by atoms with van der Waals surface area (Å²) < 4.78 is 0. The van der Waals surface area contributed by atoms with Crippen molar-refractivity contribution in [2.45, 2.75) is 6.42 Å². The molecule has 3 nitrogen and oxygen atoms in total. The Labute approximate surface area is 141 Å². The van der Waals surface area contributed by atoms with E-state index in [0.29, 0.717) is 17.0 Å². The van der Waals surface area contributed by atoms with E-state index in [4.69, 9.17) is 11.6 Å². The molecule has 0 fully saturated rings. The number of hydrogen-bond donors (Lipinski definition) is 0. The van der Waals surface area contributed by atoms with Crippen LogP contribution >= 0.6 is 11.6 Å². The van der Waals surface area contributed by atoms with Gasteiger partial charge in [0, 0.05) is 37.2 Å². The minimum atomic E-state index is -0.0760. The van der Waals surface area contributed by atoms with Crippen LogP contribution in [0, 0.1) is 0 Å². The monoisotopic (exact) mass is 327 g/mol. The van der Waals surface area contributed by atoms with Crippen LogP contribution < -0.4 is 0 Å². The maximum Gasteiger partial charge on any atom is 0.246 e. The lowest BCUT2D eigenvalue weighted by atomic mass is 10.0. The molecular formula is C19H18ClNO2. The molecule has 0 atom stereocenters. The molecule has 2 aromatic rings. The van der Waals surface area contributed by atoms with Crippen molar-refractivity contribution in [2.75, 3.05) is 14.1 Å². The van der Waals surface area contributed by atoms with E-state index in [9.17, 15) is 9.59 Å². The molecule has 1 amide bonds. The maximum atomic E-state index is 12.3. The molecule has 2 aromatic carbocycles. The Balaban J connectivity index is 2.02. The number of likely N-dealkylation sites (N-methyl/N-ethyl adjacent to an activating group) is 1. The first kappa shape index (κ1) is 17.0. The van der Waals surface area contributed by atoms with E-state index in [1.54, 1.807) is 44.4 Å². The van der Waals surface area contributed by atoms with Crippen LogP contribution in [-0.4, -0.2) is 30.7 Å². The number of nitrogens with zero attached hydrogens (tertiary/aromatic N) is 1. The normalized spacial score (nSPS) is 10.7. The zero-order valence-corrected chi connectivity index (χ0v) is 13.9. The summed E-state index contributed by atoms with van der Waals surface area (Å²) in [6.07, 6.45) is 3.58. The average molecular weight is 328 g/mol. The number of carbonyl (C=O) groups is 2. The quantitative estimate of drug-likeness (QED) is 0.617. The van der Waals surface area contributed by atoms with Crippen LogP contribution in [0.1, 0.15) is 21.5 Å². The van der Waals surface area contributed by atoms with E-state index in [1.165, 1.54) is 11.0 Å². The first-order valence-electron chi connectivity index (χ1n) is 7.23. The van der Waals surface area contributed by atoms with E-state index in [2.05, 4.69) is 0 Å². The van der Waals surface area contributed by atoms with Gasteiger partial charge in [-0.2, -0.15) is 0 Å². The highest BCUT2D eigenvalue weighted by molar-refractivity contribution is 6.30. The van der Waals surface area contributed by atoms with Crippen molar-refractivity contribution >= 4 is 29.4 Å². The van der Waals surface area contributed by atoms with E-state index in [1.807, 2.05) is 24.3 Å². The predicted molar refractivity (Wildman–Crippen MR) is 93.7 cm³/mol. The van der Waals surface area contributed by atoms with E-state index >= 15 is 0 Å². The summed E-state index contributed by atoms with van der Waals surface area (Å²) >= 11 is 5.84. The Bertz CT molecular complexity index is 716. The largest absolute Gasteiger partial charge is 0.345 e. The summed E-state index contributed by atoms with van der Waals surface area (Å²) in [5.74, 6) is -0.0277. The third kappa shape index (κ3) is 5.08. The van der Waals surface area contributed by atoms with Gasteiger partial charge in [-0.1, -0.05) is 48.0 Å². The lowest BCUT2D eigenvalue weighted by Crippen LogP contribution is -2.18. The zero-order chi connectivity index (χ0) is 16.8. The fourth-order valence-corrected chi connectivity index (χ4v) is 2.11. The molecule has 0 aromatic heterocycles. The number of Topliss-reactive ketones (excluding diaryl/α,β-unsaturated/α-hetero) is 1. The highest BCUT2D eigenvalue weighted by Crippen LogP contribution is 2.13. The molecular weight excluding hydrogens is 310 g/mol. The Morgan fingerprint density at radius 1 is 1.00 bits per heavy atom. The predicted octanol–water partition coefficient (Wildman–Crippen LogP) is 3.87. The minimum absolute atomic E-state index is 0.0484. The molecule has 4 heteroatoms. The lowest BCUT2D eigenvalue weighted by Gasteiger charge is -2.05. The second-order valence-corrected chi connectivity index (χ2v) is 5.85. The van der Waals surface area contributed by atoms with Gasteiger partial charge in [-0.3, -0.25) is 9.59 Å². The molecule has 0 aliphatic heterocycles. The van der Waals surface area contributed by atoms with Gasteiger partial charge in [-0.15, -0.1) is 0 Å². The van der Waals surface area contributed by atoms with Crippen LogP contribution in [-0.2, 0) is 11.2 Å². The van der Waals surface area contributed by atoms with Gasteiger partial charge < -0.3 is 4.90 Å². The highest BCUT2D eigenvalue weighted by atomic mass is 35.5. The first-order chi connectivity index (χ1) is 11.0. The fraction of sp³-hybridized carbons (Fsp3) is 0.158. The molecule has 118 valence electrons. The summed E-state index contributed by atoms with van der Waals surface area (Å²) in [7, 11) is 3.40.